The molecule has 4 N–H and O–H groups in total. The molecule has 5 nitrogen and oxygen atoms in total. The molecular weight excluding hydrogens is 234 g/mol. The molecule has 0 aliphatic carbocycles. The van der Waals surface area contributed by atoms with E-state index in [1.807, 2.05) is 6.07 Å². The van der Waals surface area contributed by atoms with Crippen molar-refractivity contribution in [3.8, 4) is 0 Å². The molecular formula is C13H19NO4. The summed E-state index contributed by atoms with van der Waals surface area (Å²) in [5, 5.41) is 30.6. The van der Waals surface area contributed by atoms with Crippen LogP contribution >= 0.6 is 0 Å². The highest BCUT2D eigenvalue weighted by Gasteiger charge is 2.22. The standard InChI is InChI=1S/C13H19NO4/c15-8-4-7-14-11(9-12(16)17)13(18)10-5-2-1-3-6-10/h1-3,5-6,11,13-15,18H,4,7-9H2,(H,16,17). The van der Waals surface area contributed by atoms with Crippen molar-refractivity contribution in [2.45, 2.75) is 25.0 Å². The minimum absolute atomic E-state index is 0.0359. The Morgan fingerprint density at radius 1 is 1.28 bits per heavy atom. The van der Waals surface area contributed by atoms with Crippen molar-refractivity contribution in [3.63, 3.8) is 0 Å². The lowest BCUT2D eigenvalue weighted by Crippen LogP contribution is -2.37. The van der Waals surface area contributed by atoms with Crippen LogP contribution in [0.4, 0.5) is 0 Å². The Hall–Kier alpha value is -1.43. The maximum absolute atomic E-state index is 10.8. The number of carbonyl (C=O) groups is 1. The van der Waals surface area contributed by atoms with Crippen LogP contribution in [0.25, 0.3) is 0 Å². The average molecular weight is 253 g/mol. The molecule has 18 heavy (non-hydrogen) atoms. The van der Waals surface area contributed by atoms with Gasteiger partial charge in [-0.2, -0.15) is 0 Å². The fourth-order valence-electron chi connectivity index (χ4n) is 1.73. The van der Waals surface area contributed by atoms with Crippen LogP contribution in [0.1, 0.15) is 24.5 Å². The second kappa shape index (κ2) is 7.81. The second-order valence-corrected chi connectivity index (χ2v) is 4.09. The van der Waals surface area contributed by atoms with E-state index in [0.29, 0.717) is 18.5 Å². The lowest BCUT2D eigenvalue weighted by Gasteiger charge is -2.23. The first-order chi connectivity index (χ1) is 8.65. The topological polar surface area (TPSA) is 89.8 Å². The van der Waals surface area contributed by atoms with Gasteiger partial charge in [0.1, 0.15) is 0 Å². The van der Waals surface area contributed by atoms with Gasteiger partial charge in [0.05, 0.1) is 12.5 Å². The van der Waals surface area contributed by atoms with Crippen molar-refractivity contribution in [1.29, 1.82) is 0 Å². The van der Waals surface area contributed by atoms with Crippen molar-refractivity contribution in [1.82, 2.24) is 5.32 Å². The lowest BCUT2D eigenvalue weighted by molar-refractivity contribution is -0.138. The molecule has 100 valence electrons. The third-order valence-corrected chi connectivity index (χ3v) is 2.66. The van der Waals surface area contributed by atoms with Gasteiger partial charge < -0.3 is 20.6 Å². The van der Waals surface area contributed by atoms with Gasteiger partial charge in [0, 0.05) is 12.6 Å². The van der Waals surface area contributed by atoms with Crippen LogP contribution in [0, 0.1) is 0 Å². The SMILES string of the molecule is O=C(O)CC(NCCCO)C(O)c1ccccc1. The van der Waals surface area contributed by atoms with E-state index in [-0.39, 0.29) is 13.0 Å². The smallest absolute Gasteiger partial charge is 0.305 e. The summed E-state index contributed by atoms with van der Waals surface area (Å²) in [6.07, 6.45) is -0.514. The van der Waals surface area contributed by atoms with Gasteiger partial charge in [-0.05, 0) is 18.5 Å². The van der Waals surface area contributed by atoms with E-state index in [2.05, 4.69) is 5.32 Å². The number of nitrogens with one attached hydrogen (secondary N) is 1. The molecule has 1 aromatic carbocycles. The quantitative estimate of drug-likeness (QED) is 0.508. The molecule has 0 aliphatic rings. The third-order valence-electron chi connectivity index (χ3n) is 2.66. The van der Waals surface area contributed by atoms with Crippen LogP contribution in [-0.4, -0.2) is 40.5 Å². The average Bonchev–Trinajstić information content (AvgIpc) is 2.37. The number of aliphatic hydroxyl groups is 2. The zero-order valence-corrected chi connectivity index (χ0v) is 10.1. The highest BCUT2D eigenvalue weighted by molar-refractivity contribution is 5.67. The fourth-order valence-corrected chi connectivity index (χ4v) is 1.73. The number of benzene rings is 1. The largest absolute Gasteiger partial charge is 0.481 e. The van der Waals surface area contributed by atoms with E-state index in [0.717, 1.165) is 0 Å². The Balaban J connectivity index is 2.66. The maximum Gasteiger partial charge on any atom is 0.305 e. The number of hydrogen-bond donors (Lipinski definition) is 4. The van der Waals surface area contributed by atoms with Crippen LogP contribution < -0.4 is 5.32 Å². The Morgan fingerprint density at radius 2 is 1.94 bits per heavy atom. The summed E-state index contributed by atoms with van der Waals surface area (Å²) < 4.78 is 0. The molecule has 5 heteroatoms. The first-order valence-corrected chi connectivity index (χ1v) is 5.94. The van der Waals surface area contributed by atoms with E-state index in [1.165, 1.54) is 0 Å². The summed E-state index contributed by atoms with van der Waals surface area (Å²) in [5.41, 5.74) is 0.681. The van der Waals surface area contributed by atoms with E-state index in [4.69, 9.17) is 10.2 Å². The van der Waals surface area contributed by atoms with Crippen molar-refractivity contribution in [3.05, 3.63) is 35.9 Å². The summed E-state index contributed by atoms with van der Waals surface area (Å²) in [5.74, 6) is -0.966. The molecule has 0 aromatic heterocycles. The van der Waals surface area contributed by atoms with E-state index in [1.54, 1.807) is 24.3 Å². The van der Waals surface area contributed by atoms with Crippen LogP contribution in [0.5, 0.6) is 0 Å². The monoisotopic (exact) mass is 253 g/mol. The minimum atomic E-state index is -0.966. The molecule has 0 heterocycles. The molecule has 0 saturated heterocycles. The van der Waals surface area contributed by atoms with Crippen LogP contribution in [0.15, 0.2) is 30.3 Å². The molecule has 0 fully saturated rings. The van der Waals surface area contributed by atoms with E-state index in [9.17, 15) is 9.90 Å². The molecule has 2 atom stereocenters. The van der Waals surface area contributed by atoms with Crippen molar-refractivity contribution in [2.24, 2.45) is 0 Å². The number of carboxylic acid groups (broad SMARTS) is 1. The van der Waals surface area contributed by atoms with Gasteiger partial charge >= 0.3 is 5.97 Å². The number of hydrogen-bond acceptors (Lipinski definition) is 4. The van der Waals surface area contributed by atoms with Crippen molar-refractivity contribution in [2.75, 3.05) is 13.2 Å². The Labute approximate surface area is 106 Å². The molecule has 0 spiro atoms. The molecule has 0 radical (unpaired) electrons. The minimum Gasteiger partial charge on any atom is -0.481 e. The zero-order valence-electron chi connectivity index (χ0n) is 10.1. The van der Waals surface area contributed by atoms with Crippen LogP contribution in [-0.2, 0) is 4.79 Å². The number of aliphatic carboxylic acids is 1. The number of carboxylic acids is 1. The predicted octanol–water partition coefficient (Wildman–Crippen LogP) is 0.535. The number of rotatable bonds is 8. The van der Waals surface area contributed by atoms with Crippen LogP contribution in [0.3, 0.4) is 0 Å². The van der Waals surface area contributed by atoms with Gasteiger partial charge in [-0.25, -0.2) is 0 Å². The second-order valence-electron chi connectivity index (χ2n) is 4.09. The summed E-state index contributed by atoms with van der Waals surface area (Å²) in [6.45, 7) is 0.507. The van der Waals surface area contributed by atoms with Gasteiger partial charge in [-0.3, -0.25) is 4.79 Å². The van der Waals surface area contributed by atoms with Crippen LogP contribution in [0.2, 0.25) is 0 Å². The molecule has 1 aromatic rings. The number of aliphatic hydroxyl groups excluding tert-OH is 2. The summed E-state index contributed by atoms with van der Waals surface area (Å²) >= 11 is 0. The van der Waals surface area contributed by atoms with Crippen molar-refractivity contribution >= 4 is 5.97 Å². The third kappa shape index (κ3) is 4.83. The fraction of sp³-hybridized carbons (Fsp3) is 0.462. The van der Waals surface area contributed by atoms with Gasteiger partial charge in [-0.1, -0.05) is 30.3 Å². The van der Waals surface area contributed by atoms with Gasteiger partial charge in [-0.15, -0.1) is 0 Å². The molecule has 0 aliphatic heterocycles. The molecule has 1 rings (SSSR count). The normalized spacial score (nSPS) is 14.1. The highest BCUT2D eigenvalue weighted by atomic mass is 16.4. The summed E-state index contributed by atoms with van der Waals surface area (Å²) in [7, 11) is 0. The lowest BCUT2D eigenvalue weighted by atomic mass is 9.99. The van der Waals surface area contributed by atoms with Crippen molar-refractivity contribution < 1.29 is 20.1 Å². The van der Waals surface area contributed by atoms with Gasteiger partial charge in [0.25, 0.3) is 0 Å². The Bertz CT molecular complexity index is 355. The highest BCUT2D eigenvalue weighted by Crippen LogP contribution is 2.18. The maximum atomic E-state index is 10.8. The predicted molar refractivity (Wildman–Crippen MR) is 67.1 cm³/mol. The molecule has 0 saturated carbocycles. The Morgan fingerprint density at radius 3 is 2.50 bits per heavy atom. The first-order valence-electron chi connectivity index (χ1n) is 5.94. The molecule has 0 bridgehead atoms. The Kier molecular flexibility index (Phi) is 6.35. The van der Waals surface area contributed by atoms with Gasteiger partial charge in [0.2, 0.25) is 0 Å². The zero-order chi connectivity index (χ0) is 13.4. The summed E-state index contributed by atoms with van der Waals surface area (Å²) in [4.78, 5) is 10.8. The van der Waals surface area contributed by atoms with Gasteiger partial charge in [0.15, 0.2) is 0 Å². The van der Waals surface area contributed by atoms with E-state index < -0.39 is 18.1 Å². The summed E-state index contributed by atoms with van der Waals surface area (Å²) in [6, 6.07) is 8.38. The molecule has 2 unspecified atom stereocenters. The van der Waals surface area contributed by atoms with E-state index >= 15 is 0 Å². The first kappa shape index (κ1) is 14.6. The molecule has 0 amide bonds.